The molecule has 0 radical (unpaired) electrons. The summed E-state index contributed by atoms with van der Waals surface area (Å²) in [5.74, 6) is -0.410. The molecule has 36 heavy (non-hydrogen) atoms. The summed E-state index contributed by atoms with van der Waals surface area (Å²) in [7, 11) is -2.23. The Balaban J connectivity index is 1.71. The van der Waals surface area contributed by atoms with Crippen LogP contribution < -0.4 is 4.74 Å². The summed E-state index contributed by atoms with van der Waals surface area (Å²) in [4.78, 5) is 23.9. The van der Waals surface area contributed by atoms with Gasteiger partial charge in [0.25, 0.3) is 5.91 Å². The number of rotatable bonds is 7. The second-order valence-electron chi connectivity index (χ2n) is 9.03. The number of ether oxygens (including phenoxy) is 1. The normalized spacial score (nSPS) is 19.2. The summed E-state index contributed by atoms with van der Waals surface area (Å²) in [6.07, 6.45) is 4.35. The van der Waals surface area contributed by atoms with Crippen molar-refractivity contribution < 1.29 is 23.1 Å². The molecule has 1 aliphatic heterocycles. The van der Waals surface area contributed by atoms with Gasteiger partial charge >= 0.3 is 0 Å². The van der Waals surface area contributed by atoms with E-state index in [1.165, 1.54) is 11.4 Å². The third-order valence-electron chi connectivity index (χ3n) is 6.42. The van der Waals surface area contributed by atoms with E-state index >= 15 is 0 Å². The maximum atomic E-state index is 13.6. The second-order valence-corrected chi connectivity index (χ2v) is 11.1. The first-order valence-electron chi connectivity index (χ1n) is 11.7. The number of carbonyl (C=O) groups excluding carboxylic acids is 1. The Hall–Kier alpha value is -3.34. The summed E-state index contributed by atoms with van der Waals surface area (Å²) in [6, 6.07) is 13.1. The molecule has 190 valence electrons. The molecule has 0 saturated heterocycles. The van der Waals surface area contributed by atoms with Crippen LogP contribution in [0.3, 0.4) is 0 Å². The summed E-state index contributed by atoms with van der Waals surface area (Å²) >= 11 is 0. The van der Waals surface area contributed by atoms with Gasteiger partial charge in [-0.1, -0.05) is 25.1 Å². The molecule has 1 aromatic carbocycles. The van der Waals surface area contributed by atoms with Gasteiger partial charge in [0.2, 0.25) is 15.9 Å². The molecule has 3 heterocycles. The molecular formula is C26H30N4O5S. The zero-order valence-electron chi connectivity index (χ0n) is 20.5. The van der Waals surface area contributed by atoms with Gasteiger partial charge in [-0.05, 0) is 42.8 Å². The molecule has 0 bridgehead atoms. The van der Waals surface area contributed by atoms with Crippen molar-refractivity contribution in [1.29, 1.82) is 0 Å². The number of nitrogens with zero attached hydrogens (tertiary/aromatic N) is 4. The van der Waals surface area contributed by atoms with Crippen LogP contribution >= 0.6 is 0 Å². The molecule has 2 aromatic heterocycles. The van der Waals surface area contributed by atoms with Crippen molar-refractivity contribution in [2.45, 2.75) is 30.9 Å². The van der Waals surface area contributed by atoms with Crippen molar-refractivity contribution in [1.82, 2.24) is 19.2 Å². The third-order valence-corrected chi connectivity index (χ3v) is 8.26. The van der Waals surface area contributed by atoms with E-state index in [1.54, 1.807) is 66.8 Å². The van der Waals surface area contributed by atoms with Crippen LogP contribution in [0, 0.1) is 5.92 Å². The average Bonchev–Trinajstić information content (AvgIpc) is 2.90. The van der Waals surface area contributed by atoms with Gasteiger partial charge in [-0.3, -0.25) is 9.78 Å². The molecule has 4 rings (SSSR count). The standard InChI is InChI=1S/C26H30N4O5S/c1-18-15-30(19(2)17-31)26(32)23-13-21(20-9-11-27-12-10-20)14-28-25(23)35-24(18)16-29(3)36(33,34)22-7-5-4-6-8-22/h4-14,18-19,24,31H,15-17H2,1-3H3/t18-,19+,24-/m0/s1. The number of hydrogen-bond donors (Lipinski definition) is 1. The Morgan fingerprint density at radius 3 is 2.53 bits per heavy atom. The van der Waals surface area contributed by atoms with Crippen LogP contribution in [0.1, 0.15) is 24.2 Å². The fourth-order valence-electron chi connectivity index (χ4n) is 4.15. The maximum absolute atomic E-state index is 13.6. The van der Waals surface area contributed by atoms with Gasteiger partial charge < -0.3 is 14.7 Å². The van der Waals surface area contributed by atoms with Crippen molar-refractivity contribution in [2.75, 3.05) is 26.7 Å². The lowest BCUT2D eigenvalue weighted by molar-refractivity contribution is 0.0373. The van der Waals surface area contributed by atoms with E-state index in [4.69, 9.17) is 4.74 Å². The molecule has 0 unspecified atom stereocenters. The Kier molecular flexibility index (Phi) is 7.67. The van der Waals surface area contributed by atoms with Gasteiger partial charge in [-0.15, -0.1) is 0 Å². The number of amides is 1. The van der Waals surface area contributed by atoms with Crippen LogP contribution in [0.4, 0.5) is 0 Å². The molecule has 0 spiro atoms. The number of sulfonamides is 1. The van der Waals surface area contributed by atoms with Crippen molar-refractivity contribution in [3.8, 4) is 17.0 Å². The quantitative estimate of drug-likeness (QED) is 0.520. The summed E-state index contributed by atoms with van der Waals surface area (Å²) in [5.41, 5.74) is 1.82. The molecule has 1 aliphatic rings. The molecule has 0 saturated carbocycles. The van der Waals surface area contributed by atoms with Gasteiger partial charge in [0.15, 0.2) is 0 Å². The molecule has 1 N–H and O–H groups in total. The summed E-state index contributed by atoms with van der Waals surface area (Å²) in [5, 5.41) is 9.84. The number of likely N-dealkylation sites (N-methyl/N-ethyl adjacent to an activating group) is 1. The van der Waals surface area contributed by atoms with Gasteiger partial charge in [0.05, 0.1) is 24.1 Å². The van der Waals surface area contributed by atoms with Crippen molar-refractivity contribution in [3.05, 3.63) is 72.7 Å². The average molecular weight is 511 g/mol. The second kappa shape index (κ2) is 10.7. The van der Waals surface area contributed by atoms with E-state index < -0.39 is 22.2 Å². The van der Waals surface area contributed by atoms with Crippen LogP contribution in [0.5, 0.6) is 5.88 Å². The summed E-state index contributed by atoms with van der Waals surface area (Å²) < 4.78 is 33.8. The van der Waals surface area contributed by atoms with Crippen LogP contribution in [0.15, 0.2) is 72.0 Å². The van der Waals surface area contributed by atoms with E-state index in [1.807, 2.05) is 19.1 Å². The molecule has 1 amide bonds. The topological polar surface area (TPSA) is 113 Å². The van der Waals surface area contributed by atoms with E-state index in [9.17, 15) is 18.3 Å². The van der Waals surface area contributed by atoms with Crippen molar-refractivity contribution >= 4 is 15.9 Å². The molecule has 3 aromatic rings. The predicted molar refractivity (Wildman–Crippen MR) is 135 cm³/mol. The minimum atomic E-state index is -3.74. The highest BCUT2D eigenvalue weighted by molar-refractivity contribution is 7.89. The van der Waals surface area contributed by atoms with Crippen molar-refractivity contribution in [3.63, 3.8) is 0 Å². The number of pyridine rings is 2. The largest absolute Gasteiger partial charge is 0.472 e. The Morgan fingerprint density at radius 2 is 1.86 bits per heavy atom. The first-order valence-corrected chi connectivity index (χ1v) is 13.2. The van der Waals surface area contributed by atoms with E-state index in [-0.39, 0.29) is 47.9 Å². The van der Waals surface area contributed by atoms with Crippen LogP contribution in [-0.4, -0.2) is 77.5 Å². The smallest absolute Gasteiger partial charge is 0.259 e. The zero-order chi connectivity index (χ0) is 25.9. The highest BCUT2D eigenvalue weighted by atomic mass is 32.2. The minimum Gasteiger partial charge on any atom is -0.472 e. The van der Waals surface area contributed by atoms with E-state index in [2.05, 4.69) is 9.97 Å². The Morgan fingerprint density at radius 1 is 1.17 bits per heavy atom. The molecular weight excluding hydrogens is 480 g/mol. The monoisotopic (exact) mass is 510 g/mol. The van der Waals surface area contributed by atoms with Crippen molar-refractivity contribution in [2.24, 2.45) is 5.92 Å². The fourth-order valence-corrected chi connectivity index (χ4v) is 5.35. The SMILES string of the molecule is C[C@H](CO)N1C[C@H](C)[C@H](CN(C)S(=O)(=O)c2ccccc2)Oc2ncc(-c3ccncc3)cc2C1=O. The lowest BCUT2D eigenvalue weighted by Gasteiger charge is -2.37. The first kappa shape index (κ1) is 25.7. The van der Waals surface area contributed by atoms with E-state index in [0.717, 1.165) is 11.1 Å². The first-order chi connectivity index (χ1) is 17.2. The molecule has 3 atom stereocenters. The van der Waals surface area contributed by atoms with Gasteiger partial charge in [0, 0.05) is 43.7 Å². The number of aliphatic hydroxyl groups excluding tert-OH is 1. The van der Waals surface area contributed by atoms with Gasteiger partial charge in [0.1, 0.15) is 11.7 Å². The van der Waals surface area contributed by atoms with Gasteiger partial charge in [-0.25, -0.2) is 13.4 Å². The lowest BCUT2D eigenvalue weighted by atomic mass is 9.99. The molecule has 0 aliphatic carbocycles. The Labute approximate surface area is 211 Å². The molecule has 10 heteroatoms. The highest BCUT2D eigenvalue weighted by Crippen LogP contribution is 2.30. The number of hydrogen-bond acceptors (Lipinski definition) is 7. The molecule has 0 fully saturated rings. The zero-order valence-corrected chi connectivity index (χ0v) is 21.3. The number of carbonyl (C=O) groups is 1. The lowest BCUT2D eigenvalue weighted by Crippen LogP contribution is -2.50. The maximum Gasteiger partial charge on any atom is 0.259 e. The van der Waals surface area contributed by atoms with Gasteiger partial charge in [-0.2, -0.15) is 4.31 Å². The summed E-state index contributed by atoms with van der Waals surface area (Å²) in [6.45, 7) is 3.80. The molecule has 9 nitrogen and oxygen atoms in total. The highest BCUT2D eigenvalue weighted by Gasteiger charge is 2.36. The Bertz CT molecular complexity index is 1300. The number of benzene rings is 1. The van der Waals surface area contributed by atoms with Crippen LogP contribution in [0.2, 0.25) is 0 Å². The number of aliphatic hydroxyl groups is 1. The van der Waals surface area contributed by atoms with E-state index in [0.29, 0.717) is 0 Å². The minimum absolute atomic E-state index is 0.0567. The van der Waals surface area contributed by atoms with Crippen LogP contribution in [0.25, 0.3) is 11.1 Å². The predicted octanol–water partition coefficient (Wildman–Crippen LogP) is 2.68. The fraction of sp³-hybridized carbons (Fsp3) is 0.346. The number of fused-ring (bicyclic) bond motifs is 1. The van der Waals surface area contributed by atoms with Crippen LogP contribution in [-0.2, 0) is 10.0 Å². The third kappa shape index (κ3) is 5.25. The number of aromatic nitrogens is 2.